The zero-order chi connectivity index (χ0) is 11.7. The summed E-state index contributed by atoms with van der Waals surface area (Å²) in [5.41, 5.74) is 0.633. The average molecular weight is 230 g/mol. The van der Waals surface area contributed by atoms with Crippen molar-refractivity contribution in [3.63, 3.8) is 0 Å². The standard InChI is InChI=1S/C12H14N4O/c17-11-9-3-1-2-4-10(9)15-12(16-11)14-8-5-6-13-7-8/h1-4,8,13H,5-7H2,(H2,14,15,16,17). The molecule has 3 N–H and O–H groups in total. The number of hydrogen-bond acceptors (Lipinski definition) is 4. The summed E-state index contributed by atoms with van der Waals surface area (Å²) < 4.78 is 0. The highest BCUT2D eigenvalue weighted by Crippen LogP contribution is 2.10. The first-order valence-corrected chi connectivity index (χ1v) is 5.79. The summed E-state index contributed by atoms with van der Waals surface area (Å²) in [4.78, 5) is 19.0. The van der Waals surface area contributed by atoms with Crippen molar-refractivity contribution >= 4 is 16.9 Å². The summed E-state index contributed by atoms with van der Waals surface area (Å²) in [6, 6.07) is 7.70. The fourth-order valence-electron chi connectivity index (χ4n) is 2.13. The number of aromatic amines is 1. The topological polar surface area (TPSA) is 69.8 Å². The molecule has 1 aromatic heterocycles. The highest BCUT2D eigenvalue weighted by Gasteiger charge is 2.15. The molecule has 0 saturated carbocycles. The highest BCUT2D eigenvalue weighted by molar-refractivity contribution is 5.78. The predicted octanol–water partition coefficient (Wildman–Crippen LogP) is 0.697. The van der Waals surface area contributed by atoms with Crippen molar-refractivity contribution in [3.8, 4) is 0 Å². The molecule has 1 fully saturated rings. The lowest BCUT2D eigenvalue weighted by Crippen LogP contribution is -2.25. The second kappa shape index (κ2) is 4.18. The third-order valence-corrected chi connectivity index (χ3v) is 3.01. The zero-order valence-corrected chi connectivity index (χ0v) is 9.36. The average Bonchev–Trinajstić information content (AvgIpc) is 2.82. The quantitative estimate of drug-likeness (QED) is 0.710. The fourth-order valence-corrected chi connectivity index (χ4v) is 2.13. The van der Waals surface area contributed by atoms with E-state index in [4.69, 9.17) is 0 Å². The van der Waals surface area contributed by atoms with Crippen LogP contribution in [0.2, 0.25) is 0 Å². The molecule has 1 aliphatic heterocycles. The molecule has 1 aromatic carbocycles. The van der Waals surface area contributed by atoms with Crippen LogP contribution in [0.25, 0.3) is 10.9 Å². The van der Waals surface area contributed by atoms with E-state index in [9.17, 15) is 4.79 Å². The van der Waals surface area contributed by atoms with Crippen LogP contribution in [0.4, 0.5) is 5.95 Å². The van der Waals surface area contributed by atoms with Gasteiger partial charge in [-0.2, -0.15) is 0 Å². The Kier molecular flexibility index (Phi) is 2.53. The molecule has 0 amide bonds. The molecule has 1 unspecified atom stereocenters. The molecule has 1 aliphatic rings. The Morgan fingerprint density at radius 1 is 1.35 bits per heavy atom. The van der Waals surface area contributed by atoms with Crippen LogP contribution in [0.5, 0.6) is 0 Å². The first kappa shape index (κ1) is 10.3. The van der Waals surface area contributed by atoms with Gasteiger partial charge in [-0.3, -0.25) is 9.78 Å². The predicted molar refractivity (Wildman–Crippen MR) is 67.3 cm³/mol. The molecule has 0 bridgehead atoms. The van der Waals surface area contributed by atoms with Gasteiger partial charge in [0.05, 0.1) is 10.9 Å². The molecule has 2 heterocycles. The number of fused-ring (bicyclic) bond motifs is 1. The van der Waals surface area contributed by atoms with E-state index in [-0.39, 0.29) is 5.56 Å². The van der Waals surface area contributed by atoms with Crippen molar-refractivity contribution < 1.29 is 0 Å². The van der Waals surface area contributed by atoms with Crippen molar-refractivity contribution in [3.05, 3.63) is 34.6 Å². The minimum atomic E-state index is -0.0935. The van der Waals surface area contributed by atoms with Crippen LogP contribution in [0.1, 0.15) is 6.42 Å². The second-order valence-electron chi connectivity index (χ2n) is 4.27. The normalized spacial score (nSPS) is 19.6. The van der Waals surface area contributed by atoms with E-state index in [1.165, 1.54) is 0 Å². The molecule has 5 heteroatoms. The maximum atomic E-state index is 11.8. The van der Waals surface area contributed by atoms with Gasteiger partial charge >= 0.3 is 0 Å². The van der Waals surface area contributed by atoms with Gasteiger partial charge in [-0.05, 0) is 25.1 Å². The van der Waals surface area contributed by atoms with Gasteiger partial charge in [0, 0.05) is 12.6 Å². The maximum Gasteiger partial charge on any atom is 0.260 e. The molecule has 0 aliphatic carbocycles. The molecule has 5 nitrogen and oxygen atoms in total. The first-order chi connectivity index (χ1) is 8.33. The van der Waals surface area contributed by atoms with Crippen LogP contribution >= 0.6 is 0 Å². The third-order valence-electron chi connectivity index (χ3n) is 3.01. The van der Waals surface area contributed by atoms with Crippen LogP contribution in [0.3, 0.4) is 0 Å². The molecule has 88 valence electrons. The Bertz CT molecular complexity index is 586. The van der Waals surface area contributed by atoms with E-state index in [1.807, 2.05) is 18.2 Å². The SMILES string of the molecule is O=c1[nH]c(NC2CCNC2)nc2ccccc12. The maximum absolute atomic E-state index is 11.8. The van der Waals surface area contributed by atoms with E-state index in [0.717, 1.165) is 25.0 Å². The minimum absolute atomic E-state index is 0.0935. The monoisotopic (exact) mass is 230 g/mol. The summed E-state index contributed by atoms with van der Waals surface area (Å²) in [7, 11) is 0. The number of rotatable bonds is 2. The Balaban J connectivity index is 1.97. The van der Waals surface area contributed by atoms with Crippen molar-refractivity contribution in [2.24, 2.45) is 0 Å². The molecule has 0 spiro atoms. The summed E-state index contributed by atoms with van der Waals surface area (Å²) >= 11 is 0. The van der Waals surface area contributed by atoms with Gasteiger partial charge in [-0.15, -0.1) is 0 Å². The molecule has 17 heavy (non-hydrogen) atoms. The smallest absolute Gasteiger partial charge is 0.260 e. The van der Waals surface area contributed by atoms with E-state index in [2.05, 4.69) is 20.6 Å². The lowest BCUT2D eigenvalue weighted by atomic mass is 10.2. The van der Waals surface area contributed by atoms with Gasteiger partial charge in [0.2, 0.25) is 5.95 Å². The highest BCUT2D eigenvalue weighted by atomic mass is 16.1. The number of hydrogen-bond donors (Lipinski definition) is 3. The third kappa shape index (κ3) is 2.01. The van der Waals surface area contributed by atoms with Crippen molar-refractivity contribution in [2.45, 2.75) is 12.5 Å². The Labute approximate surface area is 98.3 Å². The molecule has 1 atom stereocenters. The molecule has 3 rings (SSSR count). The molecular weight excluding hydrogens is 216 g/mol. The molecule has 1 saturated heterocycles. The van der Waals surface area contributed by atoms with E-state index < -0.39 is 0 Å². The minimum Gasteiger partial charge on any atom is -0.352 e. The van der Waals surface area contributed by atoms with Gasteiger partial charge in [0.25, 0.3) is 5.56 Å². The van der Waals surface area contributed by atoms with Gasteiger partial charge < -0.3 is 10.6 Å². The number of benzene rings is 1. The number of aromatic nitrogens is 2. The van der Waals surface area contributed by atoms with E-state index in [1.54, 1.807) is 6.07 Å². The number of H-pyrrole nitrogens is 1. The molecular formula is C12H14N4O. The van der Waals surface area contributed by atoms with Crippen molar-refractivity contribution in [1.82, 2.24) is 15.3 Å². The van der Waals surface area contributed by atoms with Crippen LogP contribution in [-0.4, -0.2) is 29.1 Å². The lowest BCUT2D eigenvalue weighted by molar-refractivity contribution is 0.781. The summed E-state index contributed by atoms with van der Waals surface area (Å²) in [5.74, 6) is 0.558. The van der Waals surface area contributed by atoms with Gasteiger partial charge in [-0.1, -0.05) is 12.1 Å². The van der Waals surface area contributed by atoms with Crippen LogP contribution in [0, 0.1) is 0 Å². The van der Waals surface area contributed by atoms with E-state index in [0.29, 0.717) is 17.4 Å². The lowest BCUT2D eigenvalue weighted by Gasteiger charge is -2.11. The summed E-state index contributed by atoms with van der Waals surface area (Å²) in [6.45, 7) is 1.92. The van der Waals surface area contributed by atoms with Crippen molar-refractivity contribution in [2.75, 3.05) is 18.4 Å². The Morgan fingerprint density at radius 2 is 2.24 bits per heavy atom. The second-order valence-corrected chi connectivity index (χ2v) is 4.27. The van der Waals surface area contributed by atoms with Gasteiger partial charge in [0.1, 0.15) is 0 Å². The first-order valence-electron chi connectivity index (χ1n) is 5.79. The Hall–Kier alpha value is -1.88. The fraction of sp³-hybridized carbons (Fsp3) is 0.333. The van der Waals surface area contributed by atoms with Crippen LogP contribution in [0.15, 0.2) is 29.1 Å². The van der Waals surface area contributed by atoms with E-state index >= 15 is 0 Å². The summed E-state index contributed by atoms with van der Waals surface area (Å²) in [6.07, 6.45) is 1.05. The number of nitrogens with one attached hydrogen (secondary N) is 3. The molecule has 0 radical (unpaired) electrons. The van der Waals surface area contributed by atoms with Gasteiger partial charge in [0.15, 0.2) is 0 Å². The number of para-hydroxylation sites is 1. The molecule has 2 aromatic rings. The zero-order valence-electron chi connectivity index (χ0n) is 9.36. The Morgan fingerprint density at radius 3 is 3.06 bits per heavy atom. The number of anilines is 1. The van der Waals surface area contributed by atoms with Crippen molar-refractivity contribution in [1.29, 1.82) is 0 Å². The van der Waals surface area contributed by atoms with Crippen LogP contribution < -0.4 is 16.2 Å². The summed E-state index contributed by atoms with van der Waals surface area (Å²) in [5, 5.41) is 7.13. The van der Waals surface area contributed by atoms with Crippen LogP contribution in [-0.2, 0) is 0 Å². The largest absolute Gasteiger partial charge is 0.352 e. The van der Waals surface area contributed by atoms with Gasteiger partial charge in [-0.25, -0.2) is 4.98 Å². The number of nitrogens with zero attached hydrogens (tertiary/aromatic N) is 1.